The predicted octanol–water partition coefficient (Wildman–Crippen LogP) is 2.65. The monoisotopic (exact) mass is 436 g/mol. The van der Waals surface area contributed by atoms with Crippen LogP contribution in [0.3, 0.4) is 0 Å². The highest BCUT2D eigenvalue weighted by molar-refractivity contribution is 5.76. The molecule has 32 heavy (non-hydrogen) atoms. The van der Waals surface area contributed by atoms with Gasteiger partial charge in [0.15, 0.2) is 5.82 Å². The number of nitrogens with zero attached hydrogens (tertiary/aromatic N) is 4. The molecule has 0 radical (unpaired) electrons. The summed E-state index contributed by atoms with van der Waals surface area (Å²) >= 11 is 0. The SMILES string of the molecule is O=C(CCCN1CCOCC1)N1CCC2(CC1)OCCc1cnc(-c3ccccc3)nc12. The zero-order valence-corrected chi connectivity index (χ0v) is 18.7. The van der Waals surface area contributed by atoms with Crippen molar-refractivity contribution in [1.82, 2.24) is 19.8 Å². The number of hydrogen-bond donors (Lipinski definition) is 0. The van der Waals surface area contributed by atoms with Crippen molar-refractivity contribution >= 4 is 5.91 Å². The number of amides is 1. The van der Waals surface area contributed by atoms with Crippen molar-refractivity contribution in [3.63, 3.8) is 0 Å². The van der Waals surface area contributed by atoms with Gasteiger partial charge in [0.2, 0.25) is 5.91 Å². The van der Waals surface area contributed by atoms with Crippen LogP contribution in [0.5, 0.6) is 0 Å². The average Bonchev–Trinajstić information content (AvgIpc) is 2.86. The Morgan fingerprint density at radius 2 is 1.81 bits per heavy atom. The Morgan fingerprint density at radius 3 is 2.59 bits per heavy atom. The Balaban J connectivity index is 1.22. The van der Waals surface area contributed by atoms with E-state index in [1.807, 2.05) is 41.4 Å². The van der Waals surface area contributed by atoms with Crippen molar-refractivity contribution in [2.45, 2.75) is 37.7 Å². The van der Waals surface area contributed by atoms with E-state index in [1.54, 1.807) is 0 Å². The lowest BCUT2D eigenvalue weighted by Gasteiger charge is -2.44. The van der Waals surface area contributed by atoms with E-state index in [4.69, 9.17) is 14.5 Å². The molecule has 1 aromatic heterocycles. The van der Waals surface area contributed by atoms with Gasteiger partial charge >= 0.3 is 0 Å². The van der Waals surface area contributed by atoms with E-state index in [-0.39, 0.29) is 5.91 Å². The van der Waals surface area contributed by atoms with E-state index in [2.05, 4.69) is 9.88 Å². The van der Waals surface area contributed by atoms with Crippen molar-refractivity contribution in [2.24, 2.45) is 0 Å². The molecule has 2 fully saturated rings. The van der Waals surface area contributed by atoms with Gasteiger partial charge in [0.05, 0.1) is 25.5 Å². The highest BCUT2D eigenvalue weighted by atomic mass is 16.5. The molecule has 2 saturated heterocycles. The number of likely N-dealkylation sites (tertiary alicyclic amines) is 1. The minimum atomic E-state index is -0.398. The van der Waals surface area contributed by atoms with Crippen molar-refractivity contribution in [3.8, 4) is 11.4 Å². The van der Waals surface area contributed by atoms with Gasteiger partial charge in [0.1, 0.15) is 5.60 Å². The summed E-state index contributed by atoms with van der Waals surface area (Å²) in [6.07, 6.45) is 5.92. The minimum Gasteiger partial charge on any atom is -0.379 e. The zero-order chi connectivity index (χ0) is 21.8. The molecule has 1 aromatic carbocycles. The number of ether oxygens (including phenoxy) is 2. The number of carbonyl (C=O) groups is 1. The molecule has 5 rings (SSSR count). The fourth-order valence-corrected chi connectivity index (χ4v) is 5.07. The Bertz CT molecular complexity index is 922. The van der Waals surface area contributed by atoms with E-state index >= 15 is 0 Å². The number of rotatable bonds is 5. The van der Waals surface area contributed by atoms with Gasteiger partial charge in [-0.3, -0.25) is 9.69 Å². The molecule has 2 aromatic rings. The van der Waals surface area contributed by atoms with Gasteiger partial charge in [-0.1, -0.05) is 30.3 Å². The number of piperidine rings is 1. The Kier molecular flexibility index (Phi) is 6.48. The van der Waals surface area contributed by atoms with Crippen LogP contribution in [0, 0.1) is 0 Å². The first-order valence-electron chi connectivity index (χ1n) is 11.9. The second-order valence-electron chi connectivity index (χ2n) is 8.96. The lowest BCUT2D eigenvalue weighted by Crippen LogP contribution is -2.49. The second-order valence-corrected chi connectivity index (χ2v) is 8.96. The van der Waals surface area contributed by atoms with Gasteiger partial charge in [0, 0.05) is 44.4 Å². The molecule has 4 heterocycles. The van der Waals surface area contributed by atoms with Gasteiger partial charge in [-0.15, -0.1) is 0 Å². The Hall–Kier alpha value is -2.35. The molecule has 3 aliphatic rings. The van der Waals surface area contributed by atoms with Crippen LogP contribution in [0.1, 0.15) is 36.9 Å². The van der Waals surface area contributed by atoms with Crippen LogP contribution in [0.15, 0.2) is 36.5 Å². The lowest BCUT2D eigenvalue weighted by molar-refractivity contribution is -0.141. The topological polar surface area (TPSA) is 67.8 Å². The first kappa shape index (κ1) is 21.5. The maximum Gasteiger partial charge on any atom is 0.222 e. The summed E-state index contributed by atoms with van der Waals surface area (Å²) in [4.78, 5) is 26.8. The van der Waals surface area contributed by atoms with Crippen LogP contribution >= 0.6 is 0 Å². The van der Waals surface area contributed by atoms with Crippen molar-refractivity contribution in [3.05, 3.63) is 47.8 Å². The maximum atomic E-state index is 12.8. The molecule has 1 amide bonds. The van der Waals surface area contributed by atoms with Crippen molar-refractivity contribution < 1.29 is 14.3 Å². The molecule has 0 atom stereocenters. The van der Waals surface area contributed by atoms with E-state index < -0.39 is 5.60 Å². The van der Waals surface area contributed by atoms with Crippen molar-refractivity contribution in [1.29, 1.82) is 0 Å². The number of hydrogen-bond acceptors (Lipinski definition) is 6. The number of carbonyl (C=O) groups excluding carboxylic acids is 1. The van der Waals surface area contributed by atoms with E-state index in [0.29, 0.717) is 13.0 Å². The smallest absolute Gasteiger partial charge is 0.222 e. The quantitative estimate of drug-likeness (QED) is 0.718. The third-order valence-electron chi connectivity index (χ3n) is 6.97. The average molecular weight is 437 g/mol. The molecular weight excluding hydrogens is 404 g/mol. The summed E-state index contributed by atoms with van der Waals surface area (Å²) in [5, 5.41) is 0. The molecule has 7 heteroatoms. The van der Waals surface area contributed by atoms with Crippen LogP contribution in [0.25, 0.3) is 11.4 Å². The van der Waals surface area contributed by atoms with Crippen LogP contribution in [-0.4, -0.2) is 78.2 Å². The third-order valence-corrected chi connectivity index (χ3v) is 6.97. The summed E-state index contributed by atoms with van der Waals surface area (Å²) in [5.41, 5.74) is 2.83. The summed E-state index contributed by atoms with van der Waals surface area (Å²) in [7, 11) is 0. The lowest BCUT2D eigenvalue weighted by atomic mass is 9.83. The summed E-state index contributed by atoms with van der Waals surface area (Å²) in [6.45, 7) is 6.67. The fourth-order valence-electron chi connectivity index (χ4n) is 5.07. The molecule has 1 spiro atoms. The second kappa shape index (κ2) is 9.65. The van der Waals surface area contributed by atoms with Gasteiger partial charge < -0.3 is 14.4 Å². The van der Waals surface area contributed by atoms with Crippen LogP contribution in [0.4, 0.5) is 0 Å². The molecule has 170 valence electrons. The molecule has 3 aliphatic heterocycles. The molecular formula is C25H32N4O3. The number of aromatic nitrogens is 2. The standard InChI is InChI=1S/C25H32N4O3/c30-22(7-4-11-28-14-17-31-18-15-28)29-12-9-25(10-13-29)23-21(8-16-32-25)19-26-24(27-23)20-5-2-1-3-6-20/h1-3,5-6,19H,4,7-18H2. The minimum absolute atomic E-state index is 0.261. The highest BCUT2D eigenvalue weighted by Gasteiger charge is 2.43. The Morgan fingerprint density at radius 1 is 1.03 bits per heavy atom. The molecule has 0 saturated carbocycles. The fraction of sp³-hybridized carbons (Fsp3) is 0.560. The molecule has 7 nitrogen and oxygen atoms in total. The van der Waals surface area contributed by atoms with Gasteiger partial charge in [0.25, 0.3) is 0 Å². The van der Waals surface area contributed by atoms with Gasteiger partial charge in [-0.2, -0.15) is 0 Å². The summed E-state index contributed by atoms with van der Waals surface area (Å²) in [5.74, 6) is 1.01. The van der Waals surface area contributed by atoms with Crippen LogP contribution in [0.2, 0.25) is 0 Å². The maximum absolute atomic E-state index is 12.8. The molecule has 0 unspecified atom stereocenters. The first-order chi connectivity index (χ1) is 15.7. The largest absolute Gasteiger partial charge is 0.379 e. The summed E-state index contributed by atoms with van der Waals surface area (Å²) < 4.78 is 11.8. The van der Waals surface area contributed by atoms with Gasteiger partial charge in [-0.25, -0.2) is 9.97 Å². The van der Waals surface area contributed by atoms with Crippen LogP contribution < -0.4 is 0 Å². The first-order valence-corrected chi connectivity index (χ1v) is 11.9. The number of fused-ring (bicyclic) bond motifs is 2. The van der Waals surface area contributed by atoms with E-state index in [9.17, 15) is 4.79 Å². The highest BCUT2D eigenvalue weighted by Crippen LogP contribution is 2.41. The van der Waals surface area contributed by atoms with Gasteiger partial charge in [-0.05, 0) is 37.8 Å². The predicted molar refractivity (Wildman–Crippen MR) is 121 cm³/mol. The molecule has 0 N–H and O–H groups in total. The zero-order valence-electron chi connectivity index (χ0n) is 18.7. The van der Waals surface area contributed by atoms with E-state index in [0.717, 1.165) is 88.7 Å². The van der Waals surface area contributed by atoms with E-state index in [1.165, 1.54) is 5.56 Å². The molecule has 0 bridgehead atoms. The Labute approximate surface area is 189 Å². The normalized spacial score (nSPS) is 20.8. The third kappa shape index (κ3) is 4.56. The van der Waals surface area contributed by atoms with Crippen LogP contribution in [-0.2, 0) is 26.3 Å². The number of benzene rings is 1. The summed E-state index contributed by atoms with van der Waals surface area (Å²) in [6, 6.07) is 10.1. The molecule has 0 aliphatic carbocycles. The number of morpholine rings is 1. The van der Waals surface area contributed by atoms with Crippen molar-refractivity contribution in [2.75, 3.05) is 52.5 Å².